The Hall–Kier alpha value is -2.82. The monoisotopic (exact) mass is 280 g/mol. The number of aromatic nitrogens is 3. The Bertz CT molecular complexity index is 674. The molecule has 5 heteroatoms. The molecule has 2 N–H and O–H groups in total. The van der Waals surface area contributed by atoms with Gasteiger partial charge in [0, 0.05) is 31.2 Å². The molecule has 0 radical (unpaired) electrons. The first-order valence-electron chi connectivity index (χ1n) is 6.79. The molecule has 0 aliphatic heterocycles. The Morgan fingerprint density at radius 1 is 1.19 bits per heavy atom. The summed E-state index contributed by atoms with van der Waals surface area (Å²) < 4.78 is 1.91. The van der Waals surface area contributed by atoms with E-state index in [9.17, 15) is 4.79 Å². The fraction of sp³-hybridized carbons (Fsp3) is 0.125. The Kier molecular flexibility index (Phi) is 3.82. The first-order chi connectivity index (χ1) is 10.3. The molecule has 0 fully saturated rings. The topological polar surface area (TPSA) is 62.7 Å². The molecular weight excluding hydrogens is 264 g/mol. The number of hydrogen-bond acceptors (Lipinski definition) is 2. The van der Waals surface area contributed by atoms with E-state index in [0.717, 1.165) is 5.56 Å². The molecule has 0 spiro atoms. The largest absolute Gasteiger partial charge is 0.342 e. The summed E-state index contributed by atoms with van der Waals surface area (Å²) in [6, 6.07) is 13.5. The van der Waals surface area contributed by atoms with Crippen molar-refractivity contribution < 1.29 is 4.79 Å². The van der Waals surface area contributed by atoms with Gasteiger partial charge < -0.3 is 9.55 Å². The van der Waals surface area contributed by atoms with Crippen molar-refractivity contribution in [1.82, 2.24) is 14.5 Å². The fourth-order valence-corrected chi connectivity index (χ4v) is 2.26. The minimum Gasteiger partial charge on any atom is -0.342 e. The molecule has 1 atom stereocenters. The molecule has 21 heavy (non-hydrogen) atoms. The highest BCUT2D eigenvalue weighted by atomic mass is 16.2. The molecule has 2 aromatic heterocycles. The second-order valence-corrected chi connectivity index (χ2v) is 4.76. The van der Waals surface area contributed by atoms with Crippen LogP contribution in [0, 0.1) is 0 Å². The maximum Gasteiger partial charge on any atom is 0.250 e. The van der Waals surface area contributed by atoms with Crippen LogP contribution < -0.4 is 5.32 Å². The van der Waals surface area contributed by atoms with Gasteiger partial charge in [0.1, 0.15) is 6.04 Å². The molecule has 1 unspecified atom stereocenters. The van der Waals surface area contributed by atoms with Crippen molar-refractivity contribution in [2.75, 3.05) is 5.32 Å². The Labute approximate surface area is 122 Å². The predicted octanol–water partition coefficient (Wildman–Crippen LogP) is 2.63. The van der Waals surface area contributed by atoms with Crippen molar-refractivity contribution in [3.8, 4) is 0 Å². The second kappa shape index (κ2) is 6.09. The van der Waals surface area contributed by atoms with Crippen LogP contribution >= 0.6 is 0 Å². The van der Waals surface area contributed by atoms with Crippen molar-refractivity contribution in [1.29, 1.82) is 0 Å². The number of nitrogens with zero attached hydrogens (tertiary/aromatic N) is 2. The van der Waals surface area contributed by atoms with Crippen LogP contribution in [0.5, 0.6) is 0 Å². The summed E-state index contributed by atoms with van der Waals surface area (Å²) in [7, 11) is 0. The SMILES string of the molecule is O=C(Nc1ncc[nH]1)C(Cc1ccccc1)n1cccc1. The van der Waals surface area contributed by atoms with E-state index in [0.29, 0.717) is 12.4 Å². The van der Waals surface area contributed by atoms with E-state index in [2.05, 4.69) is 15.3 Å². The normalized spacial score (nSPS) is 12.0. The summed E-state index contributed by atoms with van der Waals surface area (Å²) >= 11 is 0. The number of rotatable bonds is 5. The molecule has 2 heterocycles. The minimum absolute atomic E-state index is 0.0926. The number of nitrogens with one attached hydrogen (secondary N) is 2. The smallest absolute Gasteiger partial charge is 0.250 e. The number of H-pyrrole nitrogens is 1. The van der Waals surface area contributed by atoms with Crippen LogP contribution in [0.4, 0.5) is 5.95 Å². The first-order valence-corrected chi connectivity index (χ1v) is 6.79. The van der Waals surface area contributed by atoms with Crippen LogP contribution in [0.25, 0.3) is 0 Å². The van der Waals surface area contributed by atoms with E-state index >= 15 is 0 Å². The zero-order chi connectivity index (χ0) is 14.5. The summed E-state index contributed by atoms with van der Waals surface area (Å²) in [5.41, 5.74) is 1.12. The summed E-state index contributed by atoms with van der Waals surface area (Å²) in [6.45, 7) is 0. The summed E-state index contributed by atoms with van der Waals surface area (Å²) in [5.74, 6) is 0.371. The van der Waals surface area contributed by atoms with Crippen molar-refractivity contribution in [3.05, 3.63) is 72.8 Å². The maximum atomic E-state index is 12.5. The lowest BCUT2D eigenvalue weighted by atomic mass is 10.1. The van der Waals surface area contributed by atoms with Gasteiger partial charge in [-0.05, 0) is 17.7 Å². The van der Waals surface area contributed by atoms with Crippen molar-refractivity contribution in [2.45, 2.75) is 12.5 Å². The molecule has 106 valence electrons. The van der Waals surface area contributed by atoms with Gasteiger partial charge in [0.15, 0.2) is 0 Å². The zero-order valence-electron chi connectivity index (χ0n) is 11.4. The van der Waals surface area contributed by atoms with Crippen LogP contribution in [0.3, 0.4) is 0 Å². The molecule has 0 aliphatic carbocycles. The first kappa shape index (κ1) is 13.2. The quantitative estimate of drug-likeness (QED) is 0.754. The van der Waals surface area contributed by atoms with E-state index in [1.54, 1.807) is 12.4 Å². The Morgan fingerprint density at radius 3 is 2.62 bits per heavy atom. The van der Waals surface area contributed by atoms with Gasteiger partial charge in [-0.3, -0.25) is 10.1 Å². The van der Waals surface area contributed by atoms with Crippen LogP contribution in [-0.2, 0) is 11.2 Å². The average Bonchev–Trinajstić information content (AvgIpc) is 3.19. The molecule has 0 aliphatic rings. The number of carbonyl (C=O) groups excluding carboxylic acids is 1. The van der Waals surface area contributed by atoms with Crippen LogP contribution in [0.15, 0.2) is 67.3 Å². The lowest BCUT2D eigenvalue weighted by Gasteiger charge is -2.18. The lowest BCUT2D eigenvalue weighted by Crippen LogP contribution is -2.27. The Morgan fingerprint density at radius 2 is 1.95 bits per heavy atom. The third-order valence-corrected chi connectivity index (χ3v) is 3.30. The van der Waals surface area contributed by atoms with Crippen LogP contribution in [0.2, 0.25) is 0 Å². The predicted molar refractivity (Wildman–Crippen MR) is 80.8 cm³/mol. The number of aromatic amines is 1. The van der Waals surface area contributed by atoms with Gasteiger partial charge in [0.05, 0.1) is 0 Å². The van der Waals surface area contributed by atoms with E-state index in [1.807, 2.05) is 59.4 Å². The molecule has 1 amide bonds. The minimum atomic E-state index is -0.313. The third-order valence-electron chi connectivity index (χ3n) is 3.30. The summed E-state index contributed by atoms with van der Waals surface area (Å²) in [6.07, 6.45) is 7.71. The molecule has 0 saturated heterocycles. The van der Waals surface area contributed by atoms with Gasteiger partial charge in [-0.15, -0.1) is 0 Å². The molecular formula is C16H16N4O. The van der Waals surface area contributed by atoms with Crippen molar-refractivity contribution >= 4 is 11.9 Å². The van der Waals surface area contributed by atoms with E-state index in [4.69, 9.17) is 0 Å². The van der Waals surface area contributed by atoms with Crippen molar-refractivity contribution in [2.24, 2.45) is 0 Å². The van der Waals surface area contributed by atoms with Crippen LogP contribution in [-0.4, -0.2) is 20.4 Å². The second-order valence-electron chi connectivity index (χ2n) is 4.76. The fourth-order valence-electron chi connectivity index (χ4n) is 2.26. The number of benzene rings is 1. The van der Waals surface area contributed by atoms with Crippen LogP contribution in [0.1, 0.15) is 11.6 Å². The number of amides is 1. The number of hydrogen-bond donors (Lipinski definition) is 2. The number of anilines is 1. The highest BCUT2D eigenvalue weighted by Gasteiger charge is 2.20. The Balaban J connectivity index is 1.81. The molecule has 0 saturated carbocycles. The summed E-state index contributed by atoms with van der Waals surface area (Å²) in [5, 5.41) is 2.80. The van der Waals surface area contributed by atoms with Crippen molar-refractivity contribution in [3.63, 3.8) is 0 Å². The molecule has 5 nitrogen and oxygen atoms in total. The third kappa shape index (κ3) is 3.20. The maximum absolute atomic E-state index is 12.5. The van der Waals surface area contributed by atoms with Gasteiger partial charge in [-0.2, -0.15) is 0 Å². The standard InChI is InChI=1S/C16H16N4O/c21-15(19-16-17-8-9-18-16)14(20-10-4-5-11-20)12-13-6-2-1-3-7-13/h1-11,14H,12H2,(H2,17,18,19,21). The van der Waals surface area contributed by atoms with Gasteiger partial charge >= 0.3 is 0 Å². The molecule has 1 aromatic carbocycles. The van der Waals surface area contributed by atoms with E-state index in [-0.39, 0.29) is 11.9 Å². The van der Waals surface area contributed by atoms with Gasteiger partial charge in [-0.25, -0.2) is 4.98 Å². The van der Waals surface area contributed by atoms with Gasteiger partial charge in [0.25, 0.3) is 0 Å². The highest BCUT2D eigenvalue weighted by Crippen LogP contribution is 2.16. The zero-order valence-corrected chi connectivity index (χ0v) is 11.4. The number of carbonyl (C=O) groups is 1. The summed E-state index contributed by atoms with van der Waals surface area (Å²) in [4.78, 5) is 19.4. The van der Waals surface area contributed by atoms with E-state index in [1.165, 1.54) is 0 Å². The average molecular weight is 280 g/mol. The van der Waals surface area contributed by atoms with E-state index < -0.39 is 0 Å². The molecule has 3 rings (SSSR count). The van der Waals surface area contributed by atoms with Gasteiger partial charge in [0.2, 0.25) is 11.9 Å². The van der Waals surface area contributed by atoms with Gasteiger partial charge in [-0.1, -0.05) is 30.3 Å². The lowest BCUT2D eigenvalue weighted by molar-refractivity contribution is -0.119. The molecule has 0 bridgehead atoms. The highest BCUT2D eigenvalue weighted by molar-refractivity contribution is 5.92. The molecule has 3 aromatic rings. The number of imidazole rings is 1.